The highest BCUT2D eigenvalue weighted by molar-refractivity contribution is 5.89. The number of aryl methyl sites for hydroxylation is 1. The van der Waals surface area contributed by atoms with Gasteiger partial charge in [-0.2, -0.15) is 0 Å². The maximum Gasteiger partial charge on any atom is 0.338 e. The second-order valence-electron chi connectivity index (χ2n) is 3.71. The summed E-state index contributed by atoms with van der Waals surface area (Å²) < 4.78 is 5.34. The lowest BCUT2D eigenvalue weighted by molar-refractivity contribution is 0.0284. The zero-order valence-corrected chi connectivity index (χ0v) is 9.62. The molecule has 0 bridgehead atoms. The molecule has 0 radical (unpaired) electrons. The SMILES string of the molecule is CCC(CC)OC(=O)c1ccc(C)cc1. The van der Waals surface area contributed by atoms with Gasteiger partial charge in [-0.05, 0) is 31.9 Å². The van der Waals surface area contributed by atoms with Gasteiger partial charge in [0.2, 0.25) is 0 Å². The lowest BCUT2D eigenvalue weighted by Gasteiger charge is -2.13. The Kier molecular flexibility index (Phi) is 4.35. The number of hydrogen-bond acceptors (Lipinski definition) is 2. The van der Waals surface area contributed by atoms with Gasteiger partial charge in [0, 0.05) is 0 Å². The van der Waals surface area contributed by atoms with Crippen LogP contribution in [-0.2, 0) is 4.74 Å². The van der Waals surface area contributed by atoms with E-state index < -0.39 is 0 Å². The number of benzene rings is 1. The molecular formula is C13H18O2. The molecule has 0 aliphatic heterocycles. The van der Waals surface area contributed by atoms with Crippen molar-refractivity contribution in [1.29, 1.82) is 0 Å². The summed E-state index contributed by atoms with van der Waals surface area (Å²) >= 11 is 0. The summed E-state index contributed by atoms with van der Waals surface area (Å²) in [7, 11) is 0. The standard InChI is InChI=1S/C13H18O2/c1-4-12(5-2)15-13(14)11-8-6-10(3)7-9-11/h6-9,12H,4-5H2,1-3H3. The number of hydrogen-bond donors (Lipinski definition) is 0. The van der Waals surface area contributed by atoms with Crippen LogP contribution in [0.4, 0.5) is 0 Å². The van der Waals surface area contributed by atoms with Crippen LogP contribution in [-0.4, -0.2) is 12.1 Å². The van der Waals surface area contributed by atoms with Crippen molar-refractivity contribution in [1.82, 2.24) is 0 Å². The molecule has 0 N–H and O–H groups in total. The summed E-state index contributed by atoms with van der Waals surface area (Å²) in [5.74, 6) is -0.219. The maximum atomic E-state index is 11.7. The molecule has 0 fully saturated rings. The highest BCUT2D eigenvalue weighted by Crippen LogP contribution is 2.09. The van der Waals surface area contributed by atoms with E-state index in [0.29, 0.717) is 5.56 Å². The van der Waals surface area contributed by atoms with E-state index in [1.807, 2.05) is 32.9 Å². The first-order chi connectivity index (χ1) is 7.17. The lowest BCUT2D eigenvalue weighted by Crippen LogP contribution is -2.16. The Balaban J connectivity index is 2.64. The first-order valence-electron chi connectivity index (χ1n) is 5.45. The zero-order chi connectivity index (χ0) is 11.3. The van der Waals surface area contributed by atoms with Crippen LogP contribution in [0.1, 0.15) is 42.6 Å². The van der Waals surface area contributed by atoms with Crippen LogP contribution in [0.25, 0.3) is 0 Å². The number of carbonyl (C=O) groups excluding carboxylic acids is 1. The Morgan fingerprint density at radius 1 is 1.20 bits per heavy atom. The second kappa shape index (κ2) is 5.54. The van der Waals surface area contributed by atoms with Gasteiger partial charge in [-0.3, -0.25) is 0 Å². The molecule has 0 heterocycles. The van der Waals surface area contributed by atoms with Crippen LogP contribution in [0.5, 0.6) is 0 Å². The fraction of sp³-hybridized carbons (Fsp3) is 0.462. The number of carbonyl (C=O) groups is 1. The van der Waals surface area contributed by atoms with Crippen molar-refractivity contribution in [2.75, 3.05) is 0 Å². The topological polar surface area (TPSA) is 26.3 Å². The first kappa shape index (κ1) is 11.8. The molecule has 0 aliphatic carbocycles. The summed E-state index contributed by atoms with van der Waals surface area (Å²) in [6, 6.07) is 7.45. The lowest BCUT2D eigenvalue weighted by atomic mass is 10.1. The summed E-state index contributed by atoms with van der Waals surface area (Å²) in [5.41, 5.74) is 1.78. The molecule has 0 aromatic heterocycles. The molecule has 1 aromatic carbocycles. The van der Waals surface area contributed by atoms with Gasteiger partial charge in [0.15, 0.2) is 0 Å². The molecule has 82 valence electrons. The molecule has 0 unspecified atom stereocenters. The van der Waals surface area contributed by atoms with Gasteiger partial charge < -0.3 is 4.74 Å². The number of esters is 1. The predicted molar refractivity (Wildman–Crippen MR) is 61.0 cm³/mol. The Morgan fingerprint density at radius 3 is 2.20 bits per heavy atom. The van der Waals surface area contributed by atoms with Crippen LogP contribution in [0, 0.1) is 6.92 Å². The molecule has 1 rings (SSSR count). The first-order valence-corrected chi connectivity index (χ1v) is 5.45. The van der Waals surface area contributed by atoms with Gasteiger partial charge in [-0.1, -0.05) is 31.5 Å². The monoisotopic (exact) mass is 206 g/mol. The third-order valence-electron chi connectivity index (χ3n) is 2.47. The number of ether oxygens (including phenoxy) is 1. The fourth-order valence-corrected chi connectivity index (χ4v) is 1.36. The molecular weight excluding hydrogens is 188 g/mol. The second-order valence-corrected chi connectivity index (χ2v) is 3.71. The molecule has 0 saturated heterocycles. The van der Waals surface area contributed by atoms with Crippen molar-refractivity contribution in [2.24, 2.45) is 0 Å². The Morgan fingerprint density at radius 2 is 1.73 bits per heavy atom. The Hall–Kier alpha value is -1.31. The van der Waals surface area contributed by atoms with E-state index in [1.165, 1.54) is 0 Å². The molecule has 0 atom stereocenters. The van der Waals surface area contributed by atoms with Crippen molar-refractivity contribution in [3.05, 3.63) is 35.4 Å². The minimum Gasteiger partial charge on any atom is -0.459 e. The molecule has 0 saturated carbocycles. The van der Waals surface area contributed by atoms with Crippen LogP contribution in [0.2, 0.25) is 0 Å². The molecule has 1 aromatic rings. The average molecular weight is 206 g/mol. The Bertz CT molecular complexity index is 310. The van der Waals surface area contributed by atoms with Gasteiger partial charge in [0.25, 0.3) is 0 Å². The third-order valence-corrected chi connectivity index (χ3v) is 2.47. The molecule has 2 heteroatoms. The molecule has 0 spiro atoms. The summed E-state index contributed by atoms with van der Waals surface area (Å²) in [6.07, 6.45) is 1.78. The van der Waals surface area contributed by atoms with Crippen LogP contribution in [0.3, 0.4) is 0 Å². The predicted octanol–water partition coefficient (Wildman–Crippen LogP) is 3.34. The zero-order valence-electron chi connectivity index (χ0n) is 9.62. The van der Waals surface area contributed by atoms with Crippen molar-refractivity contribution in [2.45, 2.75) is 39.7 Å². The van der Waals surface area contributed by atoms with Gasteiger partial charge in [0.1, 0.15) is 6.10 Å². The maximum absolute atomic E-state index is 11.7. The average Bonchev–Trinajstić information content (AvgIpc) is 2.26. The molecule has 0 aliphatic rings. The number of rotatable bonds is 4. The van der Waals surface area contributed by atoms with Crippen molar-refractivity contribution in [3.63, 3.8) is 0 Å². The van der Waals surface area contributed by atoms with Crippen LogP contribution in [0.15, 0.2) is 24.3 Å². The largest absolute Gasteiger partial charge is 0.459 e. The summed E-state index contributed by atoms with van der Waals surface area (Å²) in [4.78, 5) is 11.7. The van der Waals surface area contributed by atoms with Crippen molar-refractivity contribution >= 4 is 5.97 Å². The Labute approximate surface area is 91.3 Å². The minimum absolute atomic E-state index is 0.0406. The molecule has 15 heavy (non-hydrogen) atoms. The van der Waals surface area contributed by atoms with Gasteiger partial charge >= 0.3 is 5.97 Å². The van der Waals surface area contributed by atoms with E-state index in [1.54, 1.807) is 12.1 Å². The highest BCUT2D eigenvalue weighted by Gasteiger charge is 2.12. The van der Waals surface area contributed by atoms with Crippen molar-refractivity contribution in [3.8, 4) is 0 Å². The molecule has 0 amide bonds. The van der Waals surface area contributed by atoms with E-state index in [9.17, 15) is 4.79 Å². The van der Waals surface area contributed by atoms with Gasteiger partial charge in [0.05, 0.1) is 5.56 Å². The van der Waals surface area contributed by atoms with Crippen LogP contribution >= 0.6 is 0 Å². The van der Waals surface area contributed by atoms with E-state index in [0.717, 1.165) is 18.4 Å². The smallest absolute Gasteiger partial charge is 0.338 e. The normalized spacial score (nSPS) is 10.4. The third kappa shape index (κ3) is 3.39. The fourth-order valence-electron chi connectivity index (χ4n) is 1.36. The summed E-state index contributed by atoms with van der Waals surface area (Å²) in [6.45, 7) is 6.04. The van der Waals surface area contributed by atoms with E-state index in [2.05, 4.69) is 0 Å². The van der Waals surface area contributed by atoms with Crippen molar-refractivity contribution < 1.29 is 9.53 Å². The summed E-state index contributed by atoms with van der Waals surface area (Å²) in [5, 5.41) is 0. The highest BCUT2D eigenvalue weighted by atomic mass is 16.5. The quantitative estimate of drug-likeness (QED) is 0.706. The van der Waals surface area contributed by atoms with E-state index in [4.69, 9.17) is 4.74 Å². The minimum atomic E-state index is -0.219. The van der Waals surface area contributed by atoms with E-state index in [-0.39, 0.29) is 12.1 Å². The van der Waals surface area contributed by atoms with Gasteiger partial charge in [-0.15, -0.1) is 0 Å². The van der Waals surface area contributed by atoms with Gasteiger partial charge in [-0.25, -0.2) is 4.79 Å². The van der Waals surface area contributed by atoms with E-state index >= 15 is 0 Å². The van der Waals surface area contributed by atoms with Crippen LogP contribution < -0.4 is 0 Å². The molecule has 2 nitrogen and oxygen atoms in total.